The number of nitrogens with zero attached hydrogens (tertiary/aromatic N) is 1. The molecule has 0 spiro atoms. The van der Waals surface area contributed by atoms with E-state index in [-0.39, 0.29) is 30.9 Å². The van der Waals surface area contributed by atoms with Gasteiger partial charge in [0.25, 0.3) is 0 Å². The highest BCUT2D eigenvalue weighted by Gasteiger charge is 2.49. The molecule has 2 saturated heterocycles. The molecule has 0 aliphatic carbocycles. The standard InChI is InChI=1S/C11H21NO4S/c1-9(2)11(13)7-12(8-11)17(14,15)6-10-4-3-5-16-10/h9-10,13H,3-8H2,1-2H3. The third-order valence-electron chi connectivity index (χ3n) is 3.79. The molecule has 100 valence electrons. The van der Waals surface area contributed by atoms with E-state index in [2.05, 4.69) is 0 Å². The lowest BCUT2D eigenvalue weighted by molar-refractivity contribution is -0.0934. The summed E-state index contributed by atoms with van der Waals surface area (Å²) in [5, 5.41) is 10.0. The zero-order valence-electron chi connectivity index (χ0n) is 10.4. The fourth-order valence-corrected chi connectivity index (χ4v) is 4.03. The summed E-state index contributed by atoms with van der Waals surface area (Å²) in [6.07, 6.45) is 1.60. The van der Waals surface area contributed by atoms with Crippen LogP contribution in [0, 0.1) is 5.92 Å². The van der Waals surface area contributed by atoms with Gasteiger partial charge < -0.3 is 9.84 Å². The number of aliphatic hydroxyl groups is 1. The molecule has 0 bridgehead atoms. The molecule has 6 heteroatoms. The smallest absolute Gasteiger partial charge is 0.216 e. The molecule has 2 aliphatic heterocycles. The first-order valence-electron chi connectivity index (χ1n) is 6.15. The average molecular weight is 263 g/mol. The van der Waals surface area contributed by atoms with Crippen LogP contribution < -0.4 is 0 Å². The highest BCUT2D eigenvalue weighted by Crippen LogP contribution is 2.31. The van der Waals surface area contributed by atoms with Gasteiger partial charge in [-0.15, -0.1) is 0 Å². The van der Waals surface area contributed by atoms with Crippen molar-refractivity contribution < 1.29 is 18.3 Å². The van der Waals surface area contributed by atoms with Gasteiger partial charge in [0.15, 0.2) is 0 Å². The van der Waals surface area contributed by atoms with E-state index in [1.165, 1.54) is 4.31 Å². The summed E-state index contributed by atoms with van der Waals surface area (Å²) in [6.45, 7) is 4.92. The Hall–Kier alpha value is -0.170. The predicted octanol–water partition coefficient (Wildman–Crippen LogP) is 0.198. The first kappa shape index (κ1) is 13.3. The van der Waals surface area contributed by atoms with E-state index in [0.29, 0.717) is 6.61 Å². The fourth-order valence-electron chi connectivity index (χ4n) is 2.24. The first-order chi connectivity index (χ1) is 7.83. The Morgan fingerprint density at radius 1 is 1.47 bits per heavy atom. The van der Waals surface area contributed by atoms with Crippen molar-refractivity contribution in [2.75, 3.05) is 25.4 Å². The normalized spacial score (nSPS) is 29.5. The first-order valence-corrected chi connectivity index (χ1v) is 7.76. The quantitative estimate of drug-likeness (QED) is 0.787. The van der Waals surface area contributed by atoms with Gasteiger partial charge in [0.2, 0.25) is 10.0 Å². The van der Waals surface area contributed by atoms with Gasteiger partial charge in [-0.2, -0.15) is 4.31 Å². The molecule has 0 aromatic carbocycles. The molecule has 2 rings (SSSR count). The molecule has 2 heterocycles. The SMILES string of the molecule is CC(C)C1(O)CN(S(=O)(=O)CC2CCCO2)C1. The van der Waals surface area contributed by atoms with Crippen molar-refractivity contribution in [1.82, 2.24) is 4.31 Å². The van der Waals surface area contributed by atoms with E-state index < -0.39 is 15.6 Å². The highest BCUT2D eigenvalue weighted by atomic mass is 32.2. The van der Waals surface area contributed by atoms with Gasteiger partial charge in [0, 0.05) is 19.7 Å². The molecular weight excluding hydrogens is 242 g/mol. The van der Waals surface area contributed by atoms with Crippen LogP contribution in [0.2, 0.25) is 0 Å². The molecule has 0 aromatic rings. The molecule has 17 heavy (non-hydrogen) atoms. The molecule has 5 nitrogen and oxygen atoms in total. The summed E-state index contributed by atoms with van der Waals surface area (Å²) in [6, 6.07) is 0. The van der Waals surface area contributed by atoms with E-state index in [1.54, 1.807) is 0 Å². The second-order valence-corrected chi connectivity index (χ2v) is 7.45. The van der Waals surface area contributed by atoms with Crippen molar-refractivity contribution in [3.63, 3.8) is 0 Å². The highest BCUT2D eigenvalue weighted by molar-refractivity contribution is 7.89. The third-order valence-corrected chi connectivity index (χ3v) is 5.63. The second kappa shape index (κ2) is 4.50. The van der Waals surface area contributed by atoms with Crippen molar-refractivity contribution in [2.24, 2.45) is 5.92 Å². The van der Waals surface area contributed by atoms with Crippen LogP contribution in [0.4, 0.5) is 0 Å². The number of rotatable bonds is 4. The van der Waals surface area contributed by atoms with Gasteiger partial charge in [-0.1, -0.05) is 13.8 Å². The molecule has 0 radical (unpaired) electrons. The Morgan fingerprint density at radius 2 is 2.12 bits per heavy atom. The number of hydrogen-bond donors (Lipinski definition) is 1. The van der Waals surface area contributed by atoms with Crippen molar-refractivity contribution in [1.29, 1.82) is 0 Å². The van der Waals surface area contributed by atoms with Crippen LogP contribution in [0.3, 0.4) is 0 Å². The molecule has 0 amide bonds. The van der Waals surface area contributed by atoms with E-state index in [0.717, 1.165) is 12.8 Å². The lowest BCUT2D eigenvalue weighted by Gasteiger charge is -2.48. The number of β-amino-alcohol motifs (C(OH)–C–C–N with tert-alkyl or cyclic N) is 1. The Kier molecular flexibility index (Phi) is 3.51. The van der Waals surface area contributed by atoms with Crippen LogP contribution >= 0.6 is 0 Å². The lowest BCUT2D eigenvalue weighted by atomic mass is 9.85. The van der Waals surface area contributed by atoms with Gasteiger partial charge in [0.05, 0.1) is 17.5 Å². The summed E-state index contributed by atoms with van der Waals surface area (Å²) in [5.41, 5.74) is -0.844. The molecule has 2 aliphatic rings. The molecular formula is C11H21NO4S. The monoisotopic (exact) mass is 263 g/mol. The minimum Gasteiger partial charge on any atom is -0.387 e. The largest absolute Gasteiger partial charge is 0.387 e. The van der Waals surface area contributed by atoms with Crippen LogP contribution in [-0.2, 0) is 14.8 Å². The van der Waals surface area contributed by atoms with Crippen LogP contribution in [0.15, 0.2) is 0 Å². The molecule has 0 aromatic heterocycles. The molecule has 1 unspecified atom stereocenters. The number of hydrogen-bond acceptors (Lipinski definition) is 4. The average Bonchev–Trinajstić information content (AvgIpc) is 2.64. The maximum atomic E-state index is 12.0. The Bertz CT molecular complexity index is 367. The maximum Gasteiger partial charge on any atom is 0.216 e. The van der Waals surface area contributed by atoms with Gasteiger partial charge >= 0.3 is 0 Å². The molecule has 1 atom stereocenters. The Labute approximate surface area is 103 Å². The van der Waals surface area contributed by atoms with Crippen LogP contribution in [0.1, 0.15) is 26.7 Å². The van der Waals surface area contributed by atoms with E-state index in [4.69, 9.17) is 4.74 Å². The number of sulfonamides is 1. The van der Waals surface area contributed by atoms with Crippen LogP contribution in [0.25, 0.3) is 0 Å². The summed E-state index contributed by atoms with van der Waals surface area (Å²) < 4.78 is 30.7. The van der Waals surface area contributed by atoms with Crippen molar-refractivity contribution in [3.05, 3.63) is 0 Å². The van der Waals surface area contributed by atoms with E-state index in [1.807, 2.05) is 13.8 Å². The van der Waals surface area contributed by atoms with Gasteiger partial charge in [-0.05, 0) is 18.8 Å². The maximum absolute atomic E-state index is 12.0. The van der Waals surface area contributed by atoms with Gasteiger partial charge in [-0.3, -0.25) is 0 Å². The summed E-state index contributed by atoms with van der Waals surface area (Å²) in [5.74, 6) is 0.137. The summed E-state index contributed by atoms with van der Waals surface area (Å²) >= 11 is 0. The lowest BCUT2D eigenvalue weighted by Crippen LogP contribution is -2.66. The third kappa shape index (κ3) is 2.65. The minimum absolute atomic E-state index is 0.0567. The van der Waals surface area contributed by atoms with Crippen molar-refractivity contribution >= 4 is 10.0 Å². The Morgan fingerprint density at radius 3 is 2.59 bits per heavy atom. The van der Waals surface area contributed by atoms with Gasteiger partial charge in [0.1, 0.15) is 0 Å². The topological polar surface area (TPSA) is 66.8 Å². The summed E-state index contributed by atoms with van der Waals surface area (Å²) in [4.78, 5) is 0. The second-order valence-electron chi connectivity index (χ2n) is 5.44. The van der Waals surface area contributed by atoms with Crippen molar-refractivity contribution in [2.45, 2.75) is 38.4 Å². The molecule has 2 fully saturated rings. The minimum atomic E-state index is -3.26. The molecule has 1 N–H and O–H groups in total. The number of ether oxygens (including phenoxy) is 1. The van der Waals surface area contributed by atoms with E-state index in [9.17, 15) is 13.5 Å². The Balaban J connectivity index is 1.91. The summed E-state index contributed by atoms with van der Waals surface area (Å²) in [7, 11) is -3.26. The van der Waals surface area contributed by atoms with Crippen LogP contribution in [0.5, 0.6) is 0 Å². The van der Waals surface area contributed by atoms with Crippen LogP contribution in [-0.4, -0.2) is 55.0 Å². The predicted molar refractivity (Wildman–Crippen MR) is 64.1 cm³/mol. The fraction of sp³-hybridized carbons (Fsp3) is 1.00. The van der Waals surface area contributed by atoms with Gasteiger partial charge in [-0.25, -0.2) is 8.42 Å². The zero-order valence-corrected chi connectivity index (χ0v) is 11.2. The zero-order chi connectivity index (χ0) is 12.7. The molecule has 0 saturated carbocycles. The van der Waals surface area contributed by atoms with E-state index >= 15 is 0 Å². The van der Waals surface area contributed by atoms with Crippen molar-refractivity contribution in [3.8, 4) is 0 Å².